The SMILES string of the molecule is CCCc1ccc(Oc2c(C)oc3cc(OCN4C(=O)c5ccccc5C4=O)ccc3c2=O)cc1. The van der Waals surface area contributed by atoms with Gasteiger partial charge in [0.1, 0.15) is 22.8 Å². The van der Waals surface area contributed by atoms with E-state index in [1.54, 1.807) is 49.4 Å². The second-order valence-electron chi connectivity index (χ2n) is 8.33. The van der Waals surface area contributed by atoms with E-state index in [0.717, 1.165) is 17.7 Å². The van der Waals surface area contributed by atoms with Crippen LogP contribution >= 0.6 is 0 Å². The molecule has 176 valence electrons. The molecule has 0 bridgehead atoms. The fourth-order valence-electron chi connectivity index (χ4n) is 4.10. The van der Waals surface area contributed by atoms with Crippen molar-refractivity contribution in [2.75, 3.05) is 6.73 Å². The molecule has 0 saturated heterocycles. The van der Waals surface area contributed by atoms with Crippen LogP contribution in [-0.4, -0.2) is 23.4 Å². The number of nitrogens with zero attached hydrogens (tertiary/aromatic N) is 1. The summed E-state index contributed by atoms with van der Waals surface area (Å²) in [5.41, 5.74) is 1.93. The molecule has 1 aliphatic heterocycles. The molecule has 7 heteroatoms. The summed E-state index contributed by atoms with van der Waals surface area (Å²) in [6.07, 6.45) is 2.03. The van der Waals surface area contributed by atoms with Crippen molar-refractivity contribution >= 4 is 22.8 Å². The number of imide groups is 1. The fourth-order valence-corrected chi connectivity index (χ4v) is 4.10. The Balaban J connectivity index is 1.35. The molecule has 0 saturated carbocycles. The van der Waals surface area contributed by atoms with Gasteiger partial charge in [-0.15, -0.1) is 0 Å². The first-order chi connectivity index (χ1) is 17.0. The molecule has 1 aliphatic rings. The number of ether oxygens (including phenoxy) is 2. The lowest BCUT2D eigenvalue weighted by molar-refractivity contribution is 0.0522. The average molecular weight is 469 g/mol. The maximum absolute atomic E-state index is 13.1. The molecule has 0 atom stereocenters. The summed E-state index contributed by atoms with van der Waals surface area (Å²) in [5, 5.41) is 0.335. The van der Waals surface area contributed by atoms with Crippen LogP contribution in [0.2, 0.25) is 0 Å². The van der Waals surface area contributed by atoms with Gasteiger partial charge in [-0.2, -0.15) is 0 Å². The third-order valence-electron chi connectivity index (χ3n) is 5.91. The largest absolute Gasteiger partial charge is 0.472 e. The van der Waals surface area contributed by atoms with Crippen molar-refractivity contribution in [3.8, 4) is 17.2 Å². The lowest BCUT2D eigenvalue weighted by Crippen LogP contribution is -2.33. The molecule has 5 rings (SSSR count). The highest BCUT2D eigenvalue weighted by atomic mass is 16.5. The molecule has 1 aromatic heterocycles. The Hall–Kier alpha value is -4.39. The molecular formula is C28H23NO6. The molecule has 2 amide bonds. The van der Waals surface area contributed by atoms with Crippen LogP contribution < -0.4 is 14.9 Å². The predicted octanol–water partition coefficient (Wildman–Crippen LogP) is 5.48. The van der Waals surface area contributed by atoms with Crippen LogP contribution in [-0.2, 0) is 6.42 Å². The summed E-state index contributed by atoms with van der Waals surface area (Å²) in [6.45, 7) is 3.53. The lowest BCUT2D eigenvalue weighted by atomic mass is 10.1. The van der Waals surface area contributed by atoms with Crippen LogP contribution in [0.5, 0.6) is 17.2 Å². The second-order valence-corrected chi connectivity index (χ2v) is 8.33. The summed E-state index contributed by atoms with van der Waals surface area (Å²) in [7, 11) is 0. The molecule has 2 heterocycles. The summed E-state index contributed by atoms with van der Waals surface area (Å²) < 4.78 is 17.4. The molecule has 0 spiro atoms. The van der Waals surface area contributed by atoms with Crippen molar-refractivity contribution in [3.63, 3.8) is 0 Å². The number of hydrogen-bond donors (Lipinski definition) is 0. The van der Waals surface area contributed by atoms with Crippen molar-refractivity contribution in [1.29, 1.82) is 0 Å². The van der Waals surface area contributed by atoms with Crippen LogP contribution in [0.15, 0.2) is 75.9 Å². The average Bonchev–Trinajstić information content (AvgIpc) is 3.11. The van der Waals surface area contributed by atoms with Crippen LogP contribution in [0.25, 0.3) is 11.0 Å². The molecule has 0 radical (unpaired) electrons. The fraction of sp³-hybridized carbons (Fsp3) is 0.179. The quantitative estimate of drug-likeness (QED) is 0.333. The maximum atomic E-state index is 13.1. The number of hydrogen-bond acceptors (Lipinski definition) is 6. The van der Waals surface area contributed by atoms with Gasteiger partial charge in [-0.3, -0.25) is 14.4 Å². The van der Waals surface area contributed by atoms with E-state index in [1.165, 1.54) is 5.56 Å². The van der Waals surface area contributed by atoms with Crippen LogP contribution in [0, 0.1) is 6.92 Å². The molecule has 0 aliphatic carbocycles. The number of benzene rings is 3. The van der Waals surface area contributed by atoms with Gasteiger partial charge in [-0.1, -0.05) is 37.6 Å². The molecule has 3 aromatic carbocycles. The zero-order chi connectivity index (χ0) is 24.5. The van der Waals surface area contributed by atoms with Crippen molar-refractivity contribution in [1.82, 2.24) is 4.90 Å². The minimum Gasteiger partial charge on any atom is -0.472 e. The number of amides is 2. The molecule has 4 aromatic rings. The lowest BCUT2D eigenvalue weighted by Gasteiger charge is -2.15. The summed E-state index contributed by atoms with van der Waals surface area (Å²) in [6, 6.07) is 19.0. The second kappa shape index (κ2) is 9.10. The minimum absolute atomic E-state index is 0.125. The standard InChI is InChI=1S/C28H23NO6/c1-3-6-18-9-11-19(12-10-18)35-26-17(2)34-24-15-20(13-14-23(24)25(26)30)33-16-29-27(31)21-7-4-5-8-22(21)28(29)32/h4-5,7-15H,3,6,16H2,1-2H3. The molecule has 0 fully saturated rings. The van der Waals surface area contributed by atoms with E-state index >= 15 is 0 Å². The van der Waals surface area contributed by atoms with E-state index in [4.69, 9.17) is 13.9 Å². The summed E-state index contributed by atoms with van der Waals surface area (Å²) in [4.78, 5) is 39.2. The van der Waals surface area contributed by atoms with Crippen molar-refractivity contribution in [2.24, 2.45) is 0 Å². The van der Waals surface area contributed by atoms with E-state index < -0.39 is 11.8 Å². The maximum Gasteiger partial charge on any atom is 0.264 e. The van der Waals surface area contributed by atoms with Crippen molar-refractivity contribution < 1.29 is 23.5 Å². The smallest absolute Gasteiger partial charge is 0.264 e. The van der Waals surface area contributed by atoms with Crippen LogP contribution in [0.4, 0.5) is 0 Å². The molecule has 7 nitrogen and oxygen atoms in total. The normalized spacial score (nSPS) is 12.8. The van der Waals surface area contributed by atoms with Gasteiger partial charge in [0.2, 0.25) is 11.2 Å². The molecule has 0 N–H and O–H groups in total. The Bertz CT molecular complexity index is 1470. The Kier molecular flexibility index (Phi) is 5.82. The van der Waals surface area contributed by atoms with E-state index in [2.05, 4.69) is 6.92 Å². The van der Waals surface area contributed by atoms with Gasteiger partial charge >= 0.3 is 0 Å². The number of carbonyl (C=O) groups is 2. The van der Waals surface area contributed by atoms with Crippen LogP contribution in [0.1, 0.15) is 45.4 Å². The zero-order valence-corrected chi connectivity index (χ0v) is 19.4. The Labute approximate surface area is 201 Å². The predicted molar refractivity (Wildman–Crippen MR) is 130 cm³/mol. The highest BCUT2D eigenvalue weighted by molar-refractivity contribution is 6.21. The van der Waals surface area contributed by atoms with Gasteiger partial charge in [0.05, 0.1) is 16.5 Å². The zero-order valence-electron chi connectivity index (χ0n) is 19.4. The first-order valence-corrected chi connectivity index (χ1v) is 11.4. The summed E-state index contributed by atoms with van der Waals surface area (Å²) in [5.74, 6) is 0.562. The van der Waals surface area contributed by atoms with Gasteiger partial charge in [-0.05, 0) is 55.3 Å². The third-order valence-corrected chi connectivity index (χ3v) is 5.91. The van der Waals surface area contributed by atoms with Crippen molar-refractivity contribution in [2.45, 2.75) is 26.7 Å². The van der Waals surface area contributed by atoms with Gasteiger partial charge in [0.25, 0.3) is 11.8 Å². The minimum atomic E-state index is -0.404. The Morgan fingerprint density at radius 1 is 0.857 bits per heavy atom. The molecule has 0 unspecified atom stereocenters. The van der Waals surface area contributed by atoms with Gasteiger partial charge in [0, 0.05) is 6.07 Å². The monoisotopic (exact) mass is 469 g/mol. The van der Waals surface area contributed by atoms with Gasteiger partial charge < -0.3 is 13.9 Å². The molecule has 35 heavy (non-hydrogen) atoms. The van der Waals surface area contributed by atoms with Gasteiger partial charge in [-0.25, -0.2) is 4.90 Å². The highest BCUT2D eigenvalue weighted by Crippen LogP contribution is 2.28. The first kappa shape index (κ1) is 22.4. The van der Waals surface area contributed by atoms with E-state index in [9.17, 15) is 14.4 Å². The van der Waals surface area contributed by atoms with E-state index in [1.807, 2.05) is 24.3 Å². The number of carbonyl (C=O) groups excluding carboxylic acids is 2. The highest BCUT2D eigenvalue weighted by Gasteiger charge is 2.35. The van der Waals surface area contributed by atoms with Crippen molar-refractivity contribution in [3.05, 3.63) is 99.4 Å². The van der Waals surface area contributed by atoms with Crippen LogP contribution in [0.3, 0.4) is 0 Å². The van der Waals surface area contributed by atoms with Gasteiger partial charge in [0.15, 0.2) is 6.73 Å². The topological polar surface area (TPSA) is 86.1 Å². The number of aryl methyl sites for hydroxylation is 2. The summed E-state index contributed by atoms with van der Waals surface area (Å²) >= 11 is 0. The van der Waals surface area contributed by atoms with E-state index in [0.29, 0.717) is 39.4 Å². The number of fused-ring (bicyclic) bond motifs is 2. The molecular weight excluding hydrogens is 446 g/mol. The third kappa shape index (κ3) is 4.17. The Morgan fingerprint density at radius 2 is 1.51 bits per heavy atom. The van der Waals surface area contributed by atoms with E-state index in [-0.39, 0.29) is 17.9 Å². The number of rotatable bonds is 7. The first-order valence-electron chi connectivity index (χ1n) is 11.4. The Morgan fingerprint density at radius 3 is 2.17 bits per heavy atom.